The average molecular weight is 153 g/mol. The minimum Gasteiger partial charge on any atom is -0.417 e. The maximum atomic E-state index is 4.87. The van der Waals surface area contributed by atoms with Gasteiger partial charge in [0.15, 0.2) is 0 Å². The highest BCUT2D eigenvalue weighted by atomic mass is 16.4. The molecule has 3 heteroatoms. The van der Waals surface area contributed by atoms with Crippen molar-refractivity contribution in [3.63, 3.8) is 0 Å². The fourth-order valence-electron chi connectivity index (χ4n) is 0.974. The minimum atomic E-state index is 0.709. The van der Waals surface area contributed by atoms with Crippen molar-refractivity contribution in [2.45, 2.75) is 39.0 Å². The summed E-state index contributed by atoms with van der Waals surface area (Å²) in [5.74, 6) is 0.709. The third kappa shape index (κ3) is 3.16. The largest absolute Gasteiger partial charge is 0.417 e. The number of aromatic nitrogens is 2. The van der Waals surface area contributed by atoms with Crippen molar-refractivity contribution in [2.24, 2.45) is 0 Å². The van der Waals surface area contributed by atoms with E-state index in [2.05, 4.69) is 23.5 Å². The van der Waals surface area contributed by atoms with E-state index in [0.717, 1.165) is 12.8 Å². The molecule has 1 aromatic heterocycles. The molecule has 0 atom stereocenters. The minimum absolute atomic E-state index is 0.709. The Hall–Kier alpha value is -0.860. The Labute approximate surface area is 66.8 Å². The molecule has 0 spiro atoms. The Balaban J connectivity index is 2.04. The molecular weight excluding hydrogens is 140 g/mol. The lowest BCUT2D eigenvalue weighted by Gasteiger charge is -1.93. The zero-order valence-electron chi connectivity index (χ0n) is 6.84. The van der Waals surface area contributed by atoms with Gasteiger partial charge in [0.25, 0.3) is 0 Å². The lowest BCUT2D eigenvalue weighted by molar-refractivity contribution is 0.473. The first kappa shape index (κ1) is 8.24. The van der Waals surface area contributed by atoms with Crippen molar-refractivity contribution in [1.29, 1.82) is 0 Å². The molecule has 0 aliphatic heterocycles. The molecule has 0 saturated carbocycles. The lowest BCUT2D eigenvalue weighted by atomic mass is 10.2. The van der Waals surface area contributed by atoms with E-state index >= 15 is 0 Å². The van der Waals surface area contributed by atoms with Crippen molar-refractivity contribution in [3.8, 4) is 0 Å². The normalized spacial score (nSPS) is 10.3. The summed E-state index contributed by atoms with van der Waals surface area (Å²) in [6, 6.07) is 0. The van der Waals surface area contributed by atoms with Crippen LogP contribution in [-0.2, 0) is 6.42 Å². The van der Waals surface area contributed by atoms with Gasteiger partial charge in [-0.15, -0.1) is 10.2 Å². The fourth-order valence-corrected chi connectivity index (χ4v) is 0.974. The van der Waals surface area contributed by atoms with Gasteiger partial charge in [-0.05, 0) is 6.42 Å². The highest BCUT2D eigenvalue weighted by Crippen LogP contribution is 2.03. The summed E-state index contributed by atoms with van der Waals surface area (Å²) in [4.78, 5) is 0. The van der Waals surface area contributed by atoms with Gasteiger partial charge < -0.3 is 4.42 Å². The van der Waals surface area contributed by atoms with Gasteiger partial charge >= 0.3 is 6.39 Å². The SMILES string of the molecule is CCCCCCc1nn[c]o1. The maximum absolute atomic E-state index is 4.87. The summed E-state index contributed by atoms with van der Waals surface area (Å²) in [6.07, 6.45) is 8.17. The Morgan fingerprint density at radius 1 is 1.36 bits per heavy atom. The molecule has 0 amide bonds. The molecular formula is C8H13N2O. The summed E-state index contributed by atoms with van der Waals surface area (Å²) >= 11 is 0. The summed E-state index contributed by atoms with van der Waals surface area (Å²) in [5.41, 5.74) is 0. The molecule has 0 bridgehead atoms. The molecule has 1 radical (unpaired) electrons. The zero-order chi connectivity index (χ0) is 7.94. The Morgan fingerprint density at radius 3 is 2.91 bits per heavy atom. The molecule has 1 heterocycles. The number of aryl methyl sites for hydroxylation is 1. The maximum Gasteiger partial charge on any atom is 0.305 e. The average Bonchev–Trinajstić information content (AvgIpc) is 2.50. The molecule has 61 valence electrons. The quantitative estimate of drug-likeness (QED) is 0.607. The predicted molar refractivity (Wildman–Crippen MR) is 41.0 cm³/mol. The molecule has 0 N–H and O–H groups in total. The number of hydrogen-bond acceptors (Lipinski definition) is 3. The molecule has 1 aromatic rings. The summed E-state index contributed by atoms with van der Waals surface area (Å²) < 4.78 is 4.87. The van der Waals surface area contributed by atoms with Gasteiger partial charge in [0.1, 0.15) is 0 Å². The third-order valence-corrected chi connectivity index (χ3v) is 1.61. The molecule has 0 unspecified atom stereocenters. The van der Waals surface area contributed by atoms with Crippen LogP contribution in [0.1, 0.15) is 38.5 Å². The molecule has 1 rings (SSSR count). The van der Waals surface area contributed by atoms with Crippen molar-refractivity contribution in [3.05, 3.63) is 12.3 Å². The first-order valence-electron chi connectivity index (χ1n) is 4.12. The van der Waals surface area contributed by atoms with Gasteiger partial charge in [0.2, 0.25) is 5.89 Å². The van der Waals surface area contributed by atoms with Gasteiger partial charge in [-0.3, -0.25) is 0 Å². The smallest absolute Gasteiger partial charge is 0.305 e. The Morgan fingerprint density at radius 2 is 2.27 bits per heavy atom. The van der Waals surface area contributed by atoms with Gasteiger partial charge in [-0.1, -0.05) is 26.2 Å². The number of hydrogen-bond donors (Lipinski definition) is 0. The second-order valence-corrected chi connectivity index (χ2v) is 2.60. The van der Waals surface area contributed by atoms with Crippen LogP contribution in [0, 0.1) is 6.39 Å². The first-order valence-corrected chi connectivity index (χ1v) is 4.12. The first-order chi connectivity index (χ1) is 5.43. The van der Waals surface area contributed by atoms with Crippen LogP contribution >= 0.6 is 0 Å². The molecule has 0 aromatic carbocycles. The molecule has 0 fully saturated rings. The van der Waals surface area contributed by atoms with E-state index in [1.807, 2.05) is 0 Å². The molecule has 0 saturated heterocycles. The number of unbranched alkanes of at least 4 members (excludes halogenated alkanes) is 3. The molecule has 0 aliphatic carbocycles. The number of rotatable bonds is 5. The second kappa shape index (κ2) is 4.88. The standard InChI is InChI=1S/C8H13N2O/c1-2-3-4-5-6-8-10-9-7-11-8/h2-6H2,1H3. The van der Waals surface area contributed by atoms with Gasteiger partial charge in [0, 0.05) is 6.42 Å². The topological polar surface area (TPSA) is 38.9 Å². The highest BCUT2D eigenvalue weighted by Gasteiger charge is 1.97. The van der Waals surface area contributed by atoms with E-state index in [9.17, 15) is 0 Å². The zero-order valence-corrected chi connectivity index (χ0v) is 6.84. The molecule has 11 heavy (non-hydrogen) atoms. The molecule has 3 nitrogen and oxygen atoms in total. The lowest BCUT2D eigenvalue weighted by Crippen LogP contribution is -1.85. The van der Waals surface area contributed by atoms with E-state index in [0.29, 0.717) is 5.89 Å². The van der Waals surface area contributed by atoms with Gasteiger partial charge in [-0.2, -0.15) is 0 Å². The van der Waals surface area contributed by atoms with Crippen molar-refractivity contribution in [2.75, 3.05) is 0 Å². The van der Waals surface area contributed by atoms with Crippen LogP contribution in [0.3, 0.4) is 0 Å². The fraction of sp³-hybridized carbons (Fsp3) is 0.750. The van der Waals surface area contributed by atoms with Crippen LogP contribution in [0.2, 0.25) is 0 Å². The van der Waals surface area contributed by atoms with Crippen LogP contribution in [0.5, 0.6) is 0 Å². The van der Waals surface area contributed by atoms with Crippen LogP contribution in [0.15, 0.2) is 4.42 Å². The van der Waals surface area contributed by atoms with Gasteiger partial charge in [-0.25, -0.2) is 0 Å². The van der Waals surface area contributed by atoms with Crippen LogP contribution in [0.4, 0.5) is 0 Å². The second-order valence-electron chi connectivity index (χ2n) is 2.60. The van der Waals surface area contributed by atoms with Gasteiger partial charge in [0.05, 0.1) is 0 Å². The summed E-state index contributed by atoms with van der Waals surface area (Å²) in [5, 5.41) is 7.22. The van der Waals surface area contributed by atoms with E-state index in [4.69, 9.17) is 4.42 Å². The predicted octanol–water partition coefficient (Wildman–Crippen LogP) is 1.99. The van der Waals surface area contributed by atoms with E-state index in [1.165, 1.54) is 19.3 Å². The van der Waals surface area contributed by atoms with E-state index in [1.54, 1.807) is 0 Å². The summed E-state index contributed by atoms with van der Waals surface area (Å²) in [6.45, 7) is 2.19. The monoisotopic (exact) mass is 153 g/mol. The van der Waals surface area contributed by atoms with Crippen molar-refractivity contribution in [1.82, 2.24) is 10.2 Å². The van der Waals surface area contributed by atoms with Crippen molar-refractivity contribution < 1.29 is 4.42 Å². The van der Waals surface area contributed by atoms with Crippen LogP contribution in [0.25, 0.3) is 0 Å². The molecule has 0 aliphatic rings. The van der Waals surface area contributed by atoms with Crippen LogP contribution in [-0.4, -0.2) is 10.2 Å². The van der Waals surface area contributed by atoms with E-state index < -0.39 is 0 Å². The Bertz CT molecular complexity index is 172. The number of nitrogens with zero attached hydrogens (tertiary/aromatic N) is 2. The highest BCUT2D eigenvalue weighted by molar-refractivity contribution is 4.71. The van der Waals surface area contributed by atoms with Crippen molar-refractivity contribution >= 4 is 0 Å². The summed E-state index contributed by atoms with van der Waals surface area (Å²) in [7, 11) is 0. The van der Waals surface area contributed by atoms with E-state index in [-0.39, 0.29) is 0 Å². The third-order valence-electron chi connectivity index (χ3n) is 1.61. The Kier molecular flexibility index (Phi) is 3.65. The van der Waals surface area contributed by atoms with Crippen LogP contribution < -0.4 is 0 Å².